The van der Waals surface area contributed by atoms with Crippen LogP contribution >= 0.6 is 11.8 Å². The van der Waals surface area contributed by atoms with Crippen LogP contribution in [0.3, 0.4) is 0 Å². The van der Waals surface area contributed by atoms with Crippen LogP contribution < -0.4 is 5.32 Å². The zero-order valence-electron chi connectivity index (χ0n) is 12.4. The Kier molecular flexibility index (Phi) is 3.69. The van der Waals surface area contributed by atoms with Gasteiger partial charge in [-0.05, 0) is 24.1 Å². The van der Waals surface area contributed by atoms with Gasteiger partial charge in [0.05, 0.1) is 6.42 Å². The topological polar surface area (TPSA) is 49.4 Å². The van der Waals surface area contributed by atoms with Crippen LogP contribution in [0.4, 0.5) is 5.69 Å². The summed E-state index contributed by atoms with van der Waals surface area (Å²) in [6.45, 7) is 6.05. The molecular weight excluding hydrogens is 284 g/mol. The van der Waals surface area contributed by atoms with Crippen molar-refractivity contribution < 1.29 is 9.59 Å². The quantitative estimate of drug-likeness (QED) is 0.867. The number of nitrogens with one attached hydrogen (secondary N) is 1. The zero-order valence-corrected chi connectivity index (χ0v) is 13.3. The van der Waals surface area contributed by atoms with Crippen molar-refractivity contribution in [1.29, 1.82) is 0 Å². The summed E-state index contributed by atoms with van der Waals surface area (Å²) in [6, 6.07) is 5.54. The average molecular weight is 304 g/mol. The smallest absolute Gasteiger partial charge is 0.253 e. The van der Waals surface area contributed by atoms with Gasteiger partial charge in [-0.25, -0.2) is 0 Å². The summed E-state index contributed by atoms with van der Waals surface area (Å²) in [7, 11) is 0. The van der Waals surface area contributed by atoms with E-state index in [-0.39, 0.29) is 16.6 Å². The number of carbonyl (C=O) groups is 2. The fourth-order valence-corrected chi connectivity index (χ4v) is 3.85. The lowest BCUT2D eigenvalue weighted by Crippen LogP contribution is -2.33. The molecule has 112 valence electrons. The first-order chi connectivity index (χ1) is 9.94. The molecule has 1 aromatic rings. The Morgan fingerprint density at radius 2 is 2.14 bits per heavy atom. The van der Waals surface area contributed by atoms with E-state index in [1.165, 1.54) is 0 Å². The van der Waals surface area contributed by atoms with Gasteiger partial charge in [0.25, 0.3) is 5.91 Å². The van der Waals surface area contributed by atoms with E-state index in [0.717, 1.165) is 36.5 Å². The normalized spacial score (nSPS) is 20.7. The van der Waals surface area contributed by atoms with Gasteiger partial charge in [0.15, 0.2) is 0 Å². The Balaban J connectivity index is 1.77. The fraction of sp³-hybridized carbons (Fsp3) is 0.500. The van der Waals surface area contributed by atoms with Gasteiger partial charge in [-0.15, -0.1) is 0 Å². The van der Waals surface area contributed by atoms with E-state index < -0.39 is 0 Å². The number of anilines is 1. The van der Waals surface area contributed by atoms with Crippen molar-refractivity contribution in [3.05, 3.63) is 29.3 Å². The van der Waals surface area contributed by atoms with Gasteiger partial charge >= 0.3 is 0 Å². The van der Waals surface area contributed by atoms with Crippen LogP contribution in [-0.4, -0.2) is 40.3 Å². The van der Waals surface area contributed by atoms with E-state index in [1.807, 2.05) is 34.9 Å². The molecule has 4 nitrogen and oxygen atoms in total. The van der Waals surface area contributed by atoms with Crippen molar-refractivity contribution in [3.63, 3.8) is 0 Å². The minimum Gasteiger partial charge on any atom is -0.338 e. The Hall–Kier alpha value is -1.49. The molecule has 0 atom stereocenters. The SMILES string of the molecule is CC1(C)CCN(C(=O)c2ccc3c(c2)NC(=O)C3)CCS1. The number of nitrogens with zero attached hydrogens (tertiary/aromatic N) is 1. The van der Waals surface area contributed by atoms with E-state index in [9.17, 15) is 9.59 Å². The van der Waals surface area contributed by atoms with Crippen molar-refractivity contribution in [2.45, 2.75) is 31.4 Å². The van der Waals surface area contributed by atoms with Crippen LogP contribution in [0.2, 0.25) is 0 Å². The lowest BCUT2D eigenvalue weighted by Gasteiger charge is -2.23. The number of hydrogen-bond donors (Lipinski definition) is 1. The van der Waals surface area contributed by atoms with Crippen molar-refractivity contribution in [2.24, 2.45) is 0 Å². The molecule has 2 aliphatic heterocycles. The molecule has 5 heteroatoms. The summed E-state index contributed by atoms with van der Waals surface area (Å²) in [5, 5.41) is 2.81. The van der Waals surface area contributed by atoms with Crippen LogP contribution in [0.1, 0.15) is 36.2 Å². The number of fused-ring (bicyclic) bond motifs is 1. The first-order valence-corrected chi connectivity index (χ1v) is 8.29. The molecular formula is C16H20N2O2S. The number of benzene rings is 1. The molecule has 1 N–H and O–H groups in total. The zero-order chi connectivity index (χ0) is 15.0. The molecule has 0 unspecified atom stereocenters. The summed E-state index contributed by atoms with van der Waals surface area (Å²) in [4.78, 5) is 26.0. The standard InChI is InChI=1S/C16H20N2O2S/c1-16(2)5-6-18(7-8-21-16)15(20)12-4-3-11-10-14(19)17-13(11)9-12/h3-4,9H,5-8,10H2,1-2H3,(H,17,19). The Morgan fingerprint density at radius 1 is 1.33 bits per heavy atom. The largest absolute Gasteiger partial charge is 0.338 e. The Bertz CT molecular complexity index is 598. The second kappa shape index (κ2) is 5.37. The van der Waals surface area contributed by atoms with Gasteiger partial charge in [-0.3, -0.25) is 9.59 Å². The molecule has 0 radical (unpaired) electrons. The van der Waals surface area contributed by atoms with Crippen LogP contribution in [-0.2, 0) is 11.2 Å². The van der Waals surface area contributed by atoms with Crippen LogP contribution in [0, 0.1) is 0 Å². The second-order valence-electron chi connectivity index (χ2n) is 6.25. The summed E-state index contributed by atoms with van der Waals surface area (Å²) < 4.78 is 0.237. The average Bonchev–Trinajstić information content (AvgIpc) is 2.70. The molecule has 1 fully saturated rings. The molecule has 1 aromatic carbocycles. The molecule has 2 amide bonds. The molecule has 3 rings (SSSR count). The predicted molar refractivity (Wildman–Crippen MR) is 85.8 cm³/mol. The molecule has 2 heterocycles. The third kappa shape index (κ3) is 3.07. The number of amides is 2. The maximum atomic E-state index is 12.6. The molecule has 21 heavy (non-hydrogen) atoms. The highest BCUT2D eigenvalue weighted by Crippen LogP contribution is 2.31. The Morgan fingerprint density at radius 3 is 2.95 bits per heavy atom. The van der Waals surface area contributed by atoms with E-state index in [0.29, 0.717) is 12.0 Å². The van der Waals surface area contributed by atoms with Gasteiger partial charge < -0.3 is 10.2 Å². The van der Waals surface area contributed by atoms with E-state index in [4.69, 9.17) is 0 Å². The number of hydrogen-bond acceptors (Lipinski definition) is 3. The van der Waals surface area contributed by atoms with Gasteiger partial charge in [0.1, 0.15) is 0 Å². The van der Waals surface area contributed by atoms with Crippen molar-refractivity contribution in [3.8, 4) is 0 Å². The molecule has 1 saturated heterocycles. The van der Waals surface area contributed by atoms with E-state index in [1.54, 1.807) is 0 Å². The summed E-state index contributed by atoms with van der Waals surface area (Å²) in [5.74, 6) is 1.04. The summed E-state index contributed by atoms with van der Waals surface area (Å²) in [5.41, 5.74) is 2.43. The molecule has 0 spiro atoms. The highest BCUT2D eigenvalue weighted by molar-refractivity contribution is 8.00. The monoisotopic (exact) mass is 304 g/mol. The fourth-order valence-electron chi connectivity index (χ4n) is 2.75. The third-order valence-corrected chi connectivity index (χ3v) is 5.48. The molecule has 0 aliphatic carbocycles. The van der Waals surface area contributed by atoms with Crippen LogP contribution in [0.15, 0.2) is 18.2 Å². The van der Waals surface area contributed by atoms with Gasteiger partial charge in [-0.1, -0.05) is 19.9 Å². The number of carbonyl (C=O) groups excluding carboxylic acids is 2. The summed E-state index contributed by atoms with van der Waals surface area (Å²) in [6.07, 6.45) is 1.42. The van der Waals surface area contributed by atoms with Gasteiger partial charge in [0, 0.05) is 34.8 Å². The van der Waals surface area contributed by atoms with Crippen molar-refractivity contribution in [2.75, 3.05) is 24.2 Å². The first-order valence-electron chi connectivity index (χ1n) is 7.31. The maximum Gasteiger partial charge on any atom is 0.253 e. The van der Waals surface area contributed by atoms with Crippen LogP contribution in [0.25, 0.3) is 0 Å². The maximum absolute atomic E-state index is 12.6. The van der Waals surface area contributed by atoms with E-state index in [2.05, 4.69) is 19.2 Å². The second-order valence-corrected chi connectivity index (χ2v) is 8.05. The third-order valence-electron chi connectivity index (χ3n) is 4.11. The van der Waals surface area contributed by atoms with Crippen molar-refractivity contribution >= 4 is 29.3 Å². The Labute approximate surface area is 129 Å². The van der Waals surface area contributed by atoms with Gasteiger partial charge in [-0.2, -0.15) is 11.8 Å². The molecule has 0 aromatic heterocycles. The minimum absolute atomic E-state index is 0.00233. The number of thioether (sulfide) groups is 1. The number of rotatable bonds is 1. The highest BCUT2D eigenvalue weighted by atomic mass is 32.2. The lowest BCUT2D eigenvalue weighted by atomic mass is 10.1. The predicted octanol–water partition coefficient (Wildman–Crippen LogP) is 2.54. The minimum atomic E-state index is 0.00233. The molecule has 2 aliphatic rings. The highest BCUT2D eigenvalue weighted by Gasteiger charge is 2.27. The van der Waals surface area contributed by atoms with Crippen molar-refractivity contribution in [1.82, 2.24) is 4.90 Å². The van der Waals surface area contributed by atoms with Gasteiger partial charge in [0.2, 0.25) is 5.91 Å². The van der Waals surface area contributed by atoms with E-state index >= 15 is 0 Å². The molecule has 0 bridgehead atoms. The lowest BCUT2D eigenvalue weighted by molar-refractivity contribution is -0.115. The first kappa shape index (κ1) is 14.4. The summed E-state index contributed by atoms with van der Waals surface area (Å²) >= 11 is 1.93. The van der Waals surface area contributed by atoms with Crippen LogP contribution in [0.5, 0.6) is 0 Å². The molecule has 0 saturated carbocycles.